The van der Waals surface area contributed by atoms with E-state index in [9.17, 15) is 0 Å². The quantitative estimate of drug-likeness (QED) is 0.773. The zero-order valence-electron chi connectivity index (χ0n) is 13.8. The second kappa shape index (κ2) is 7.60. The molecule has 0 radical (unpaired) electrons. The van der Waals surface area contributed by atoms with Crippen molar-refractivity contribution in [1.29, 1.82) is 0 Å². The van der Waals surface area contributed by atoms with Crippen LogP contribution in [0.1, 0.15) is 12.2 Å². The molecule has 0 N–H and O–H groups in total. The summed E-state index contributed by atoms with van der Waals surface area (Å²) < 4.78 is 3.28. The summed E-state index contributed by atoms with van der Waals surface area (Å²) in [7, 11) is 2.20. The second-order valence-corrected chi connectivity index (χ2v) is 7.49. The van der Waals surface area contributed by atoms with Crippen molar-refractivity contribution in [2.45, 2.75) is 19.4 Å². The summed E-state index contributed by atoms with van der Waals surface area (Å²) in [5.74, 6) is 1.17. The largest absolute Gasteiger partial charge is 0.323 e. The summed E-state index contributed by atoms with van der Waals surface area (Å²) in [5, 5.41) is 0. The van der Waals surface area contributed by atoms with Gasteiger partial charge in [-0.3, -0.25) is 0 Å². The van der Waals surface area contributed by atoms with Gasteiger partial charge in [-0.2, -0.15) is 0 Å². The van der Waals surface area contributed by atoms with Crippen molar-refractivity contribution in [1.82, 2.24) is 19.4 Å². The number of benzene rings is 1. The number of allylic oxidation sites excluding steroid dienone is 1. The number of aryl methyl sites for hydroxylation is 1. The minimum absolute atomic E-state index is 0.782. The van der Waals surface area contributed by atoms with E-state index in [1.165, 1.54) is 37.5 Å². The van der Waals surface area contributed by atoms with Gasteiger partial charge in [0, 0.05) is 37.1 Å². The Hall–Kier alpha value is -1.17. The summed E-state index contributed by atoms with van der Waals surface area (Å²) in [6.45, 7) is 10.7. The van der Waals surface area contributed by atoms with Crippen LogP contribution in [0.25, 0.3) is 11.0 Å². The maximum absolute atomic E-state index is 4.83. The number of fused-ring (bicyclic) bond motifs is 1. The molecular weight excluding hydrogens is 352 g/mol. The van der Waals surface area contributed by atoms with Gasteiger partial charge in [-0.15, -0.1) is 0 Å². The maximum atomic E-state index is 4.83. The van der Waals surface area contributed by atoms with Crippen LogP contribution < -0.4 is 0 Å². The van der Waals surface area contributed by atoms with Crippen LogP contribution in [0.5, 0.6) is 0 Å². The minimum atomic E-state index is 0.782. The Labute approximate surface area is 146 Å². The molecule has 2 aromatic rings. The van der Waals surface area contributed by atoms with E-state index in [2.05, 4.69) is 68.2 Å². The molecule has 0 unspecified atom stereocenters. The van der Waals surface area contributed by atoms with Crippen LogP contribution in [0.4, 0.5) is 0 Å². The first-order valence-corrected chi connectivity index (χ1v) is 9.11. The average molecular weight is 377 g/mol. The molecule has 5 heteroatoms. The SMILES string of the molecule is C=C(Br)Cn1c(CCCN2CCN(C)CC2)nc2ccccc21. The van der Waals surface area contributed by atoms with Crippen molar-refractivity contribution in [2.24, 2.45) is 0 Å². The van der Waals surface area contributed by atoms with E-state index in [0.29, 0.717) is 0 Å². The molecule has 2 heterocycles. The monoisotopic (exact) mass is 376 g/mol. The lowest BCUT2D eigenvalue weighted by atomic mass is 10.2. The number of halogens is 1. The molecule has 1 aliphatic heterocycles. The Morgan fingerprint density at radius 2 is 1.96 bits per heavy atom. The third-order valence-electron chi connectivity index (χ3n) is 4.53. The second-order valence-electron chi connectivity index (χ2n) is 6.37. The van der Waals surface area contributed by atoms with E-state index in [1.807, 2.05) is 0 Å². The highest BCUT2D eigenvalue weighted by Crippen LogP contribution is 2.20. The lowest BCUT2D eigenvalue weighted by molar-refractivity contribution is 0.152. The molecule has 1 aliphatic rings. The van der Waals surface area contributed by atoms with Gasteiger partial charge in [0.15, 0.2) is 0 Å². The molecule has 0 aliphatic carbocycles. The summed E-state index contributed by atoms with van der Waals surface area (Å²) in [6, 6.07) is 8.36. The number of rotatable bonds is 6. The van der Waals surface area contributed by atoms with Gasteiger partial charge < -0.3 is 14.4 Å². The van der Waals surface area contributed by atoms with Crippen molar-refractivity contribution >= 4 is 27.0 Å². The highest BCUT2D eigenvalue weighted by molar-refractivity contribution is 9.11. The van der Waals surface area contributed by atoms with Gasteiger partial charge in [0.2, 0.25) is 0 Å². The van der Waals surface area contributed by atoms with Crippen LogP contribution in [-0.2, 0) is 13.0 Å². The van der Waals surface area contributed by atoms with Gasteiger partial charge in [0.25, 0.3) is 0 Å². The number of nitrogens with zero attached hydrogens (tertiary/aromatic N) is 4. The first kappa shape index (κ1) is 16.7. The first-order valence-electron chi connectivity index (χ1n) is 8.32. The van der Waals surface area contributed by atoms with E-state index >= 15 is 0 Å². The molecule has 124 valence electrons. The lowest BCUT2D eigenvalue weighted by Crippen LogP contribution is -2.44. The molecule has 3 rings (SSSR count). The number of aromatic nitrogens is 2. The number of piperazine rings is 1. The van der Waals surface area contributed by atoms with Gasteiger partial charge in [-0.1, -0.05) is 34.6 Å². The van der Waals surface area contributed by atoms with Crippen LogP contribution >= 0.6 is 15.9 Å². The summed E-state index contributed by atoms with van der Waals surface area (Å²) >= 11 is 3.50. The number of hydrogen-bond acceptors (Lipinski definition) is 3. The predicted octanol–water partition coefficient (Wildman–Crippen LogP) is 3.12. The smallest absolute Gasteiger partial charge is 0.110 e. The Morgan fingerprint density at radius 3 is 2.70 bits per heavy atom. The highest BCUT2D eigenvalue weighted by atomic mass is 79.9. The third kappa shape index (κ3) is 4.22. The standard InChI is InChI=1S/C18H25BrN4/c1-15(19)14-23-17-7-4-3-6-16(17)20-18(23)8-5-9-22-12-10-21(2)11-13-22/h3-4,6-7H,1,5,8-14H2,2H3. The third-order valence-corrected chi connectivity index (χ3v) is 4.78. The molecule has 0 atom stereocenters. The maximum Gasteiger partial charge on any atom is 0.110 e. The van der Waals surface area contributed by atoms with Crippen LogP contribution in [-0.4, -0.2) is 59.1 Å². The minimum Gasteiger partial charge on any atom is -0.323 e. The van der Waals surface area contributed by atoms with Crippen LogP contribution in [0.2, 0.25) is 0 Å². The van der Waals surface area contributed by atoms with Crippen molar-refractivity contribution in [3.8, 4) is 0 Å². The summed E-state index contributed by atoms with van der Waals surface area (Å²) in [4.78, 5) is 9.80. The highest BCUT2D eigenvalue weighted by Gasteiger charge is 2.14. The molecule has 1 fully saturated rings. The zero-order valence-corrected chi connectivity index (χ0v) is 15.4. The molecule has 4 nitrogen and oxygen atoms in total. The fourth-order valence-electron chi connectivity index (χ4n) is 3.20. The number of imidazole rings is 1. The molecular formula is C18H25BrN4. The van der Waals surface area contributed by atoms with Crippen molar-refractivity contribution in [3.05, 3.63) is 41.2 Å². The first-order chi connectivity index (χ1) is 11.1. The van der Waals surface area contributed by atoms with Crippen molar-refractivity contribution < 1.29 is 0 Å². The van der Waals surface area contributed by atoms with Gasteiger partial charge >= 0.3 is 0 Å². The predicted molar refractivity (Wildman–Crippen MR) is 100 cm³/mol. The molecule has 0 amide bonds. The zero-order chi connectivity index (χ0) is 16.2. The van der Waals surface area contributed by atoms with E-state index in [-0.39, 0.29) is 0 Å². The molecule has 1 aromatic carbocycles. The van der Waals surface area contributed by atoms with Gasteiger partial charge in [-0.05, 0) is 32.1 Å². The van der Waals surface area contributed by atoms with Gasteiger partial charge in [-0.25, -0.2) is 4.98 Å². The fraction of sp³-hybridized carbons (Fsp3) is 0.500. The van der Waals surface area contributed by atoms with Gasteiger partial charge in [0.05, 0.1) is 17.6 Å². The van der Waals surface area contributed by atoms with Crippen LogP contribution in [0, 0.1) is 0 Å². The van der Waals surface area contributed by atoms with Crippen LogP contribution in [0.3, 0.4) is 0 Å². The fourth-order valence-corrected chi connectivity index (χ4v) is 3.45. The molecule has 0 bridgehead atoms. The van der Waals surface area contributed by atoms with Crippen molar-refractivity contribution in [2.75, 3.05) is 39.8 Å². The molecule has 23 heavy (non-hydrogen) atoms. The number of para-hydroxylation sites is 2. The van der Waals surface area contributed by atoms with Gasteiger partial charge in [0.1, 0.15) is 5.82 Å². The van der Waals surface area contributed by atoms with Crippen LogP contribution in [0.15, 0.2) is 35.3 Å². The molecule has 1 aromatic heterocycles. The number of hydrogen-bond donors (Lipinski definition) is 0. The Morgan fingerprint density at radius 1 is 1.22 bits per heavy atom. The van der Waals surface area contributed by atoms with E-state index < -0.39 is 0 Å². The molecule has 0 spiro atoms. The van der Waals surface area contributed by atoms with Crippen molar-refractivity contribution in [3.63, 3.8) is 0 Å². The van der Waals surface area contributed by atoms with E-state index in [1.54, 1.807) is 0 Å². The Balaban J connectivity index is 1.66. The van der Waals surface area contributed by atoms with E-state index in [4.69, 9.17) is 4.98 Å². The Kier molecular flexibility index (Phi) is 5.51. The topological polar surface area (TPSA) is 24.3 Å². The average Bonchev–Trinajstić information content (AvgIpc) is 2.87. The van der Waals surface area contributed by atoms with E-state index in [0.717, 1.165) is 35.9 Å². The molecule has 1 saturated heterocycles. The summed E-state index contributed by atoms with van der Waals surface area (Å²) in [5.41, 5.74) is 2.28. The number of likely N-dealkylation sites (N-methyl/N-ethyl adjacent to an activating group) is 1. The lowest BCUT2D eigenvalue weighted by Gasteiger charge is -2.32. The summed E-state index contributed by atoms with van der Waals surface area (Å²) in [6.07, 6.45) is 2.17. The molecule has 0 saturated carbocycles. The Bertz CT molecular complexity index is 671. The normalized spacial score (nSPS) is 17.0.